The van der Waals surface area contributed by atoms with E-state index in [9.17, 15) is 13.6 Å². The third-order valence-corrected chi connectivity index (χ3v) is 3.71. The molecular weight excluding hydrogens is 284 g/mol. The van der Waals surface area contributed by atoms with Crippen molar-refractivity contribution >= 4 is 17.3 Å². The molecule has 0 aliphatic rings. The van der Waals surface area contributed by atoms with Crippen molar-refractivity contribution < 1.29 is 18.3 Å². The maximum absolute atomic E-state index is 12.5. The van der Waals surface area contributed by atoms with Crippen LogP contribution < -0.4 is 0 Å². The van der Waals surface area contributed by atoms with Gasteiger partial charge in [-0.15, -0.1) is 11.3 Å². The lowest BCUT2D eigenvalue weighted by Gasteiger charge is -2.00. The number of halogens is 2. The molecule has 0 unspecified atom stereocenters. The molecule has 0 aliphatic carbocycles. The molecule has 0 atom stereocenters. The molecule has 0 saturated heterocycles. The fraction of sp³-hybridized carbons (Fsp3) is 0.286. The van der Waals surface area contributed by atoms with Gasteiger partial charge < -0.3 is 4.74 Å². The van der Waals surface area contributed by atoms with Crippen LogP contribution in [-0.2, 0) is 16.0 Å². The Morgan fingerprint density at radius 1 is 1.35 bits per heavy atom. The number of hydrogen-bond donors (Lipinski definition) is 0. The van der Waals surface area contributed by atoms with E-state index in [1.54, 1.807) is 12.1 Å². The average molecular weight is 297 g/mol. The number of carbonyl (C=O) groups is 1. The van der Waals surface area contributed by atoms with Gasteiger partial charge in [0.1, 0.15) is 5.01 Å². The topological polar surface area (TPSA) is 39.2 Å². The van der Waals surface area contributed by atoms with Crippen molar-refractivity contribution in [3.63, 3.8) is 0 Å². The van der Waals surface area contributed by atoms with Gasteiger partial charge in [-0.1, -0.05) is 24.3 Å². The average Bonchev–Trinajstić information content (AvgIpc) is 2.93. The van der Waals surface area contributed by atoms with E-state index < -0.39 is 6.43 Å². The molecule has 0 spiro atoms. The summed E-state index contributed by atoms with van der Waals surface area (Å²) in [6.07, 6.45) is -1.67. The molecule has 1 aromatic heterocycles. The second kappa shape index (κ2) is 6.56. The monoisotopic (exact) mass is 297 g/mol. The van der Waals surface area contributed by atoms with Gasteiger partial charge in [0, 0.05) is 22.9 Å². The molecule has 0 aliphatic heterocycles. The first-order chi connectivity index (χ1) is 9.60. The summed E-state index contributed by atoms with van der Waals surface area (Å²) in [7, 11) is 1.35. The van der Waals surface area contributed by atoms with Crippen molar-refractivity contribution in [2.24, 2.45) is 0 Å². The summed E-state index contributed by atoms with van der Waals surface area (Å²) in [5.41, 5.74) is 1.59. The molecule has 6 heteroatoms. The third kappa shape index (κ3) is 3.60. The Hall–Kier alpha value is -1.82. The summed E-state index contributed by atoms with van der Waals surface area (Å²) < 4.78 is 29.5. The summed E-state index contributed by atoms with van der Waals surface area (Å²) >= 11 is 1.43. The molecule has 0 radical (unpaired) electrons. The van der Waals surface area contributed by atoms with Gasteiger partial charge in [-0.05, 0) is 0 Å². The number of rotatable bonds is 5. The van der Waals surface area contributed by atoms with E-state index in [1.165, 1.54) is 30.6 Å². The molecule has 20 heavy (non-hydrogen) atoms. The van der Waals surface area contributed by atoms with Gasteiger partial charge in [-0.3, -0.25) is 4.79 Å². The molecule has 2 aromatic rings. The van der Waals surface area contributed by atoms with Crippen molar-refractivity contribution in [3.05, 3.63) is 40.9 Å². The molecule has 0 fully saturated rings. The van der Waals surface area contributed by atoms with Crippen LogP contribution in [0.15, 0.2) is 29.6 Å². The first-order valence-corrected chi connectivity index (χ1v) is 6.88. The first kappa shape index (κ1) is 14.6. The smallest absolute Gasteiger partial charge is 0.305 e. The van der Waals surface area contributed by atoms with E-state index in [0.29, 0.717) is 6.42 Å². The quantitative estimate of drug-likeness (QED) is 0.787. The van der Waals surface area contributed by atoms with Gasteiger partial charge in [0.2, 0.25) is 0 Å². The Kier molecular flexibility index (Phi) is 4.79. The van der Waals surface area contributed by atoms with Crippen LogP contribution in [0.2, 0.25) is 0 Å². The SMILES string of the molecule is COC(=O)CCc1csc(-c2ccc(C(F)F)cc2)n1. The summed E-state index contributed by atoms with van der Waals surface area (Å²) in [6, 6.07) is 6.06. The fourth-order valence-corrected chi connectivity index (χ4v) is 2.52. The highest BCUT2D eigenvalue weighted by atomic mass is 32.1. The minimum Gasteiger partial charge on any atom is -0.469 e. The minimum absolute atomic E-state index is 0.00350. The number of nitrogens with zero attached hydrogens (tertiary/aromatic N) is 1. The van der Waals surface area contributed by atoms with E-state index in [4.69, 9.17) is 0 Å². The van der Waals surface area contributed by atoms with Crippen LogP contribution >= 0.6 is 11.3 Å². The Balaban J connectivity index is 2.06. The number of methoxy groups -OCH3 is 1. The molecule has 0 bridgehead atoms. The van der Waals surface area contributed by atoms with Gasteiger partial charge in [0.05, 0.1) is 19.2 Å². The lowest BCUT2D eigenvalue weighted by molar-refractivity contribution is -0.140. The lowest BCUT2D eigenvalue weighted by atomic mass is 10.1. The van der Waals surface area contributed by atoms with E-state index in [-0.39, 0.29) is 18.0 Å². The van der Waals surface area contributed by atoms with E-state index in [0.717, 1.165) is 16.3 Å². The van der Waals surface area contributed by atoms with Crippen LogP contribution in [0, 0.1) is 0 Å². The normalized spacial score (nSPS) is 10.8. The molecule has 1 aromatic carbocycles. The second-order valence-corrected chi connectivity index (χ2v) is 5.00. The zero-order chi connectivity index (χ0) is 14.5. The number of benzene rings is 1. The van der Waals surface area contributed by atoms with Crippen LogP contribution in [-0.4, -0.2) is 18.1 Å². The molecule has 1 heterocycles. The summed E-state index contributed by atoms with van der Waals surface area (Å²) in [5.74, 6) is -0.277. The second-order valence-electron chi connectivity index (χ2n) is 4.14. The molecule has 0 amide bonds. The number of aryl methyl sites for hydroxylation is 1. The van der Waals surface area contributed by atoms with Crippen molar-refractivity contribution in [1.82, 2.24) is 4.98 Å². The minimum atomic E-state index is -2.46. The maximum Gasteiger partial charge on any atom is 0.305 e. The van der Waals surface area contributed by atoms with Crippen LogP contribution in [0.3, 0.4) is 0 Å². The standard InChI is InChI=1S/C14H13F2NO2S/c1-19-12(18)7-6-11-8-20-14(17-11)10-4-2-9(3-5-10)13(15)16/h2-5,8,13H,6-7H2,1H3. The zero-order valence-corrected chi connectivity index (χ0v) is 11.6. The Labute approximate surface area is 119 Å². The third-order valence-electron chi connectivity index (χ3n) is 2.77. The van der Waals surface area contributed by atoms with Crippen molar-refractivity contribution in [3.8, 4) is 10.6 Å². The van der Waals surface area contributed by atoms with Gasteiger partial charge in [0.15, 0.2) is 0 Å². The molecular formula is C14H13F2NO2S. The fourth-order valence-electron chi connectivity index (χ4n) is 1.66. The van der Waals surface area contributed by atoms with Crippen LogP contribution in [0.4, 0.5) is 8.78 Å². The highest BCUT2D eigenvalue weighted by Gasteiger charge is 2.09. The lowest BCUT2D eigenvalue weighted by Crippen LogP contribution is -2.01. The maximum atomic E-state index is 12.5. The number of hydrogen-bond acceptors (Lipinski definition) is 4. The van der Waals surface area contributed by atoms with Gasteiger partial charge in [-0.25, -0.2) is 13.8 Å². The molecule has 0 N–H and O–H groups in total. The Bertz CT molecular complexity index is 581. The number of thiazole rings is 1. The van der Waals surface area contributed by atoms with Gasteiger partial charge in [0.25, 0.3) is 6.43 Å². The number of ether oxygens (including phenoxy) is 1. The van der Waals surface area contributed by atoms with E-state index in [1.807, 2.05) is 5.38 Å². The van der Waals surface area contributed by atoms with Crippen LogP contribution in [0.1, 0.15) is 24.1 Å². The highest BCUT2D eigenvalue weighted by Crippen LogP contribution is 2.27. The van der Waals surface area contributed by atoms with Gasteiger partial charge in [-0.2, -0.15) is 0 Å². The Morgan fingerprint density at radius 3 is 2.65 bits per heavy atom. The predicted molar refractivity (Wildman–Crippen MR) is 72.8 cm³/mol. The molecule has 106 valence electrons. The number of alkyl halides is 2. The summed E-state index contributed by atoms with van der Waals surface area (Å²) in [6.45, 7) is 0. The number of aromatic nitrogens is 1. The van der Waals surface area contributed by atoms with Crippen LogP contribution in [0.25, 0.3) is 10.6 Å². The Morgan fingerprint density at radius 2 is 2.05 bits per heavy atom. The van der Waals surface area contributed by atoms with Crippen molar-refractivity contribution in [1.29, 1.82) is 0 Å². The van der Waals surface area contributed by atoms with Crippen molar-refractivity contribution in [2.45, 2.75) is 19.3 Å². The summed E-state index contributed by atoms with van der Waals surface area (Å²) in [5, 5.41) is 2.62. The number of carbonyl (C=O) groups excluding carboxylic acids is 1. The van der Waals surface area contributed by atoms with Crippen LogP contribution in [0.5, 0.6) is 0 Å². The highest BCUT2D eigenvalue weighted by molar-refractivity contribution is 7.13. The number of esters is 1. The largest absolute Gasteiger partial charge is 0.469 e. The first-order valence-electron chi connectivity index (χ1n) is 6.00. The molecule has 3 nitrogen and oxygen atoms in total. The predicted octanol–water partition coefficient (Wildman–Crippen LogP) is 3.85. The van der Waals surface area contributed by atoms with Crippen molar-refractivity contribution in [2.75, 3.05) is 7.11 Å². The zero-order valence-electron chi connectivity index (χ0n) is 10.8. The van der Waals surface area contributed by atoms with Gasteiger partial charge >= 0.3 is 5.97 Å². The molecule has 0 saturated carbocycles. The molecule has 2 rings (SSSR count). The van der Waals surface area contributed by atoms with E-state index >= 15 is 0 Å². The van der Waals surface area contributed by atoms with E-state index in [2.05, 4.69) is 9.72 Å². The summed E-state index contributed by atoms with van der Waals surface area (Å²) in [4.78, 5) is 15.4.